The molecule has 15 heavy (non-hydrogen) atoms. The predicted molar refractivity (Wildman–Crippen MR) is 59.1 cm³/mol. The zero-order valence-corrected chi connectivity index (χ0v) is 9.58. The maximum atomic E-state index is 8.93. The summed E-state index contributed by atoms with van der Waals surface area (Å²) < 4.78 is 0. The third-order valence-corrected chi connectivity index (χ3v) is 4.75. The van der Waals surface area contributed by atoms with Crippen molar-refractivity contribution < 1.29 is 0 Å². The molecule has 0 amide bonds. The Morgan fingerprint density at radius 1 is 1.27 bits per heavy atom. The minimum absolute atomic E-state index is 0.420. The summed E-state index contributed by atoms with van der Waals surface area (Å²) in [6, 6.07) is 2.47. The highest BCUT2D eigenvalue weighted by atomic mass is 15.1. The van der Waals surface area contributed by atoms with Crippen molar-refractivity contribution in [2.75, 3.05) is 19.6 Å². The molecule has 2 heteroatoms. The largest absolute Gasteiger partial charge is 0.303 e. The molecule has 0 aromatic carbocycles. The lowest BCUT2D eigenvalue weighted by atomic mass is 10.1. The molecule has 3 fully saturated rings. The van der Waals surface area contributed by atoms with Crippen LogP contribution in [0.15, 0.2) is 0 Å². The van der Waals surface area contributed by atoms with Crippen molar-refractivity contribution in [2.45, 2.75) is 32.6 Å². The van der Waals surface area contributed by atoms with Gasteiger partial charge in [-0.2, -0.15) is 5.26 Å². The van der Waals surface area contributed by atoms with Gasteiger partial charge in [-0.3, -0.25) is 0 Å². The lowest BCUT2D eigenvalue weighted by Gasteiger charge is -2.24. The van der Waals surface area contributed by atoms with Crippen LogP contribution in [0, 0.1) is 34.5 Å². The van der Waals surface area contributed by atoms with Crippen LogP contribution < -0.4 is 0 Å². The Kier molecular flexibility index (Phi) is 2.07. The normalized spacial score (nSPS) is 42.5. The molecule has 1 aliphatic heterocycles. The molecule has 0 radical (unpaired) electrons. The van der Waals surface area contributed by atoms with E-state index in [1.54, 1.807) is 0 Å². The first-order valence-electron chi connectivity index (χ1n) is 6.34. The van der Waals surface area contributed by atoms with Crippen molar-refractivity contribution in [3.63, 3.8) is 0 Å². The smallest absolute Gasteiger partial charge is 0.0661 e. The average Bonchev–Trinajstić information content (AvgIpc) is 3.06. The van der Waals surface area contributed by atoms with Gasteiger partial charge in [0.25, 0.3) is 0 Å². The highest BCUT2D eigenvalue weighted by Gasteiger charge is 2.51. The molecule has 2 atom stereocenters. The molecule has 3 rings (SSSR count). The minimum Gasteiger partial charge on any atom is -0.303 e. The van der Waals surface area contributed by atoms with Gasteiger partial charge < -0.3 is 4.90 Å². The van der Waals surface area contributed by atoms with Gasteiger partial charge in [-0.1, -0.05) is 6.92 Å². The Morgan fingerprint density at radius 3 is 2.33 bits per heavy atom. The van der Waals surface area contributed by atoms with Crippen molar-refractivity contribution >= 4 is 0 Å². The van der Waals surface area contributed by atoms with E-state index >= 15 is 0 Å². The highest BCUT2D eigenvalue weighted by Crippen LogP contribution is 2.52. The first kappa shape index (κ1) is 9.66. The average molecular weight is 204 g/mol. The van der Waals surface area contributed by atoms with Crippen molar-refractivity contribution in [1.29, 1.82) is 5.26 Å². The number of nitrogens with zero attached hydrogens (tertiary/aromatic N) is 2. The fourth-order valence-electron chi connectivity index (χ4n) is 3.27. The number of likely N-dealkylation sites (tertiary alicyclic amines) is 1. The Labute approximate surface area is 92.3 Å². The van der Waals surface area contributed by atoms with Crippen LogP contribution in [0.5, 0.6) is 0 Å². The fraction of sp³-hybridized carbons (Fsp3) is 0.923. The first-order valence-corrected chi connectivity index (χ1v) is 6.34. The Bertz CT molecular complexity index is 286. The van der Waals surface area contributed by atoms with Crippen LogP contribution in [0.1, 0.15) is 32.6 Å². The van der Waals surface area contributed by atoms with Crippen LogP contribution in [0.4, 0.5) is 0 Å². The van der Waals surface area contributed by atoms with E-state index in [9.17, 15) is 0 Å². The third kappa shape index (κ3) is 1.78. The Balaban J connectivity index is 1.53. The van der Waals surface area contributed by atoms with E-state index in [-0.39, 0.29) is 0 Å². The summed E-state index contributed by atoms with van der Waals surface area (Å²) in [5.74, 6) is 1.93. The Hall–Kier alpha value is -0.550. The number of fused-ring (bicyclic) bond motifs is 1. The van der Waals surface area contributed by atoms with Crippen LogP contribution in [0.25, 0.3) is 0 Å². The second-order valence-corrected chi connectivity index (χ2v) is 6.15. The van der Waals surface area contributed by atoms with Gasteiger partial charge in [-0.25, -0.2) is 0 Å². The summed E-state index contributed by atoms with van der Waals surface area (Å²) >= 11 is 0. The summed E-state index contributed by atoms with van der Waals surface area (Å²) in [6.45, 7) is 6.21. The van der Waals surface area contributed by atoms with Gasteiger partial charge in [-0.05, 0) is 56.0 Å². The van der Waals surface area contributed by atoms with Gasteiger partial charge in [0, 0.05) is 6.54 Å². The first-order chi connectivity index (χ1) is 7.22. The third-order valence-electron chi connectivity index (χ3n) is 4.75. The number of hydrogen-bond donors (Lipinski definition) is 0. The van der Waals surface area contributed by atoms with Crippen LogP contribution in [-0.4, -0.2) is 24.5 Å². The summed E-state index contributed by atoms with van der Waals surface area (Å²) in [5, 5.41) is 8.93. The van der Waals surface area contributed by atoms with Crippen LogP contribution in [0.3, 0.4) is 0 Å². The van der Waals surface area contributed by atoms with E-state index in [0.717, 1.165) is 11.8 Å². The maximum absolute atomic E-state index is 8.93. The molecular formula is C13H20N2. The zero-order chi connectivity index (χ0) is 10.5. The SMILES string of the molecule is CC1(CN2CCC3C(C#N)C3CC2)CC1. The second kappa shape index (κ2) is 3.22. The van der Waals surface area contributed by atoms with E-state index in [4.69, 9.17) is 5.26 Å². The molecule has 1 saturated heterocycles. The standard InChI is InChI=1S/C13H20N2/c1-13(4-5-13)9-15-6-2-10-11(3-7-15)12(10)8-14/h10-12H,2-7,9H2,1H3. The molecule has 2 unspecified atom stereocenters. The van der Waals surface area contributed by atoms with E-state index < -0.39 is 0 Å². The lowest BCUT2D eigenvalue weighted by molar-refractivity contribution is 0.227. The summed E-state index contributed by atoms with van der Waals surface area (Å²) in [4.78, 5) is 2.65. The number of rotatable bonds is 2. The van der Waals surface area contributed by atoms with Gasteiger partial charge in [0.15, 0.2) is 0 Å². The molecular weight excluding hydrogens is 184 g/mol. The molecule has 82 valence electrons. The molecule has 2 nitrogen and oxygen atoms in total. The van der Waals surface area contributed by atoms with Gasteiger partial charge in [0.05, 0.1) is 12.0 Å². The molecule has 3 aliphatic rings. The maximum Gasteiger partial charge on any atom is 0.0661 e. The molecule has 0 spiro atoms. The molecule has 0 N–H and O–H groups in total. The summed E-state index contributed by atoms with van der Waals surface area (Å²) in [7, 11) is 0. The molecule has 0 bridgehead atoms. The van der Waals surface area contributed by atoms with Crippen LogP contribution in [-0.2, 0) is 0 Å². The van der Waals surface area contributed by atoms with E-state index in [0.29, 0.717) is 11.3 Å². The lowest BCUT2D eigenvalue weighted by Crippen LogP contribution is -2.31. The van der Waals surface area contributed by atoms with E-state index in [1.807, 2.05) is 0 Å². The van der Waals surface area contributed by atoms with Crippen LogP contribution in [0.2, 0.25) is 0 Å². The van der Waals surface area contributed by atoms with Crippen molar-refractivity contribution in [2.24, 2.45) is 23.2 Å². The Morgan fingerprint density at radius 2 is 1.87 bits per heavy atom. The van der Waals surface area contributed by atoms with Crippen LogP contribution >= 0.6 is 0 Å². The molecule has 2 aliphatic carbocycles. The molecule has 2 saturated carbocycles. The van der Waals surface area contributed by atoms with Gasteiger partial charge in [-0.15, -0.1) is 0 Å². The summed E-state index contributed by atoms with van der Waals surface area (Å²) in [5.41, 5.74) is 0.656. The second-order valence-electron chi connectivity index (χ2n) is 6.15. The van der Waals surface area contributed by atoms with E-state index in [1.165, 1.54) is 45.3 Å². The van der Waals surface area contributed by atoms with Crippen molar-refractivity contribution in [1.82, 2.24) is 4.90 Å². The summed E-state index contributed by atoms with van der Waals surface area (Å²) in [6.07, 6.45) is 5.41. The monoisotopic (exact) mass is 204 g/mol. The zero-order valence-electron chi connectivity index (χ0n) is 9.58. The predicted octanol–water partition coefficient (Wildman–Crippen LogP) is 2.27. The van der Waals surface area contributed by atoms with E-state index in [2.05, 4.69) is 17.9 Å². The highest BCUT2D eigenvalue weighted by molar-refractivity contribution is 5.10. The van der Waals surface area contributed by atoms with Crippen molar-refractivity contribution in [3.05, 3.63) is 0 Å². The quantitative estimate of drug-likeness (QED) is 0.690. The molecule has 0 aromatic heterocycles. The number of nitriles is 1. The fourth-order valence-corrected chi connectivity index (χ4v) is 3.27. The molecule has 0 aromatic rings. The molecule has 1 heterocycles. The topological polar surface area (TPSA) is 27.0 Å². The van der Waals surface area contributed by atoms with Gasteiger partial charge in [0.1, 0.15) is 0 Å². The number of hydrogen-bond acceptors (Lipinski definition) is 2. The van der Waals surface area contributed by atoms with Gasteiger partial charge in [0.2, 0.25) is 0 Å². The van der Waals surface area contributed by atoms with Crippen molar-refractivity contribution in [3.8, 4) is 6.07 Å². The van der Waals surface area contributed by atoms with Gasteiger partial charge >= 0.3 is 0 Å². The minimum atomic E-state index is 0.420.